The van der Waals surface area contributed by atoms with Gasteiger partial charge in [0, 0.05) is 38.0 Å². The molecule has 1 aromatic carbocycles. The van der Waals surface area contributed by atoms with Crippen molar-refractivity contribution in [2.75, 3.05) is 27.4 Å². The molecule has 2 aromatic rings. The minimum Gasteiger partial charge on any atom is -0.497 e. The molecule has 0 fully saturated rings. The lowest BCUT2D eigenvalue weighted by Gasteiger charge is -2.11. The van der Waals surface area contributed by atoms with Crippen molar-refractivity contribution in [1.82, 2.24) is 10.3 Å². The Labute approximate surface area is 124 Å². The summed E-state index contributed by atoms with van der Waals surface area (Å²) in [4.78, 5) is 4.29. The van der Waals surface area contributed by atoms with Crippen LogP contribution in [0.15, 0.2) is 42.6 Å². The zero-order valence-corrected chi connectivity index (χ0v) is 12.3. The molecule has 0 saturated heterocycles. The first-order chi connectivity index (χ1) is 10.3. The van der Waals surface area contributed by atoms with Crippen LogP contribution < -0.4 is 14.8 Å². The first-order valence-corrected chi connectivity index (χ1v) is 6.79. The maximum absolute atomic E-state index is 5.85. The van der Waals surface area contributed by atoms with Crippen molar-refractivity contribution >= 4 is 0 Å². The van der Waals surface area contributed by atoms with E-state index in [2.05, 4.69) is 10.3 Å². The van der Waals surface area contributed by atoms with Gasteiger partial charge in [-0.05, 0) is 18.2 Å². The molecule has 0 spiro atoms. The van der Waals surface area contributed by atoms with Crippen LogP contribution in [-0.2, 0) is 11.3 Å². The van der Waals surface area contributed by atoms with Crippen LogP contribution in [-0.4, -0.2) is 32.4 Å². The fourth-order valence-corrected chi connectivity index (χ4v) is 1.82. The number of hydrogen-bond acceptors (Lipinski definition) is 5. The Morgan fingerprint density at radius 2 is 1.95 bits per heavy atom. The summed E-state index contributed by atoms with van der Waals surface area (Å²) in [7, 11) is 3.31. The van der Waals surface area contributed by atoms with Gasteiger partial charge in [0.15, 0.2) is 0 Å². The molecule has 1 N–H and O–H groups in total. The number of aromatic nitrogens is 1. The summed E-state index contributed by atoms with van der Waals surface area (Å²) in [5, 5.41) is 3.28. The van der Waals surface area contributed by atoms with Gasteiger partial charge in [-0.3, -0.25) is 0 Å². The minimum absolute atomic E-state index is 0.593. The Hall–Kier alpha value is -2.11. The zero-order chi connectivity index (χ0) is 14.9. The molecule has 0 saturated carbocycles. The van der Waals surface area contributed by atoms with Crippen LogP contribution in [0.5, 0.6) is 17.4 Å². The first-order valence-electron chi connectivity index (χ1n) is 6.79. The van der Waals surface area contributed by atoms with Crippen LogP contribution in [0.2, 0.25) is 0 Å². The van der Waals surface area contributed by atoms with Crippen LogP contribution in [0, 0.1) is 0 Å². The molecule has 1 aromatic heterocycles. The molecule has 2 rings (SSSR count). The van der Waals surface area contributed by atoms with E-state index in [1.54, 1.807) is 20.4 Å². The second-order valence-electron chi connectivity index (χ2n) is 4.42. The van der Waals surface area contributed by atoms with E-state index >= 15 is 0 Å². The van der Waals surface area contributed by atoms with E-state index < -0.39 is 0 Å². The van der Waals surface area contributed by atoms with Crippen molar-refractivity contribution in [2.45, 2.75) is 6.54 Å². The zero-order valence-electron chi connectivity index (χ0n) is 12.3. The average molecular weight is 288 g/mol. The predicted molar refractivity (Wildman–Crippen MR) is 80.9 cm³/mol. The molecule has 5 heteroatoms. The van der Waals surface area contributed by atoms with E-state index in [1.165, 1.54) is 0 Å². The quantitative estimate of drug-likeness (QED) is 0.757. The van der Waals surface area contributed by atoms with Crippen LogP contribution in [0.3, 0.4) is 0 Å². The first kappa shape index (κ1) is 15.3. The fraction of sp³-hybridized carbons (Fsp3) is 0.312. The number of rotatable bonds is 8. The molecule has 0 aliphatic carbocycles. The van der Waals surface area contributed by atoms with E-state index in [1.807, 2.05) is 36.4 Å². The lowest BCUT2D eigenvalue weighted by atomic mass is 10.2. The maximum atomic E-state index is 5.85. The molecule has 1 heterocycles. The summed E-state index contributed by atoms with van der Waals surface area (Å²) in [6.45, 7) is 2.13. The lowest BCUT2D eigenvalue weighted by molar-refractivity contribution is 0.199. The van der Waals surface area contributed by atoms with Gasteiger partial charge in [-0.2, -0.15) is 0 Å². The van der Waals surface area contributed by atoms with Gasteiger partial charge in [-0.1, -0.05) is 12.1 Å². The van der Waals surface area contributed by atoms with Crippen LogP contribution in [0.4, 0.5) is 0 Å². The summed E-state index contributed by atoms with van der Waals surface area (Å²) >= 11 is 0. The molecule has 5 nitrogen and oxygen atoms in total. The van der Waals surface area contributed by atoms with Crippen LogP contribution >= 0.6 is 0 Å². The number of nitrogens with one attached hydrogen (secondary N) is 1. The number of pyridine rings is 1. The van der Waals surface area contributed by atoms with Crippen molar-refractivity contribution in [1.29, 1.82) is 0 Å². The largest absolute Gasteiger partial charge is 0.497 e. The van der Waals surface area contributed by atoms with Gasteiger partial charge in [-0.25, -0.2) is 4.98 Å². The van der Waals surface area contributed by atoms with E-state index in [0.717, 1.165) is 17.9 Å². The SMILES string of the molecule is COCCNCc1cccnc1Oc1cccc(OC)c1. The lowest BCUT2D eigenvalue weighted by Crippen LogP contribution is -2.19. The van der Waals surface area contributed by atoms with E-state index in [9.17, 15) is 0 Å². The van der Waals surface area contributed by atoms with E-state index in [0.29, 0.717) is 24.8 Å². The topological polar surface area (TPSA) is 52.6 Å². The molecule has 0 unspecified atom stereocenters. The Morgan fingerprint density at radius 3 is 2.76 bits per heavy atom. The van der Waals surface area contributed by atoms with Gasteiger partial charge in [0.2, 0.25) is 5.88 Å². The Morgan fingerprint density at radius 1 is 1.10 bits per heavy atom. The van der Waals surface area contributed by atoms with Crippen molar-refractivity contribution in [3.63, 3.8) is 0 Å². The van der Waals surface area contributed by atoms with Gasteiger partial charge in [0.1, 0.15) is 11.5 Å². The molecule has 112 valence electrons. The summed E-state index contributed by atoms with van der Waals surface area (Å²) in [5.74, 6) is 2.05. The van der Waals surface area contributed by atoms with Crippen molar-refractivity contribution < 1.29 is 14.2 Å². The van der Waals surface area contributed by atoms with Gasteiger partial charge < -0.3 is 19.5 Å². The standard InChI is InChI=1S/C16H20N2O3/c1-19-10-9-17-12-13-5-4-8-18-16(13)21-15-7-3-6-14(11-15)20-2/h3-8,11,17H,9-10,12H2,1-2H3. The number of nitrogens with zero attached hydrogens (tertiary/aromatic N) is 1. The van der Waals surface area contributed by atoms with Gasteiger partial charge in [0.25, 0.3) is 0 Å². The number of ether oxygens (including phenoxy) is 3. The molecule has 0 radical (unpaired) electrons. The van der Waals surface area contributed by atoms with E-state index in [4.69, 9.17) is 14.2 Å². The van der Waals surface area contributed by atoms with Gasteiger partial charge >= 0.3 is 0 Å². The third kappa shape index (κ3) is 4.73. The molecular weight excluding hydrogens is 268 g/mol. The monoisotopic (exact) mass is 288 g/mol. The molecular formula is C16H20N2O3. The van der Waals surface area contributed by atoms with Crippen molar-refractivity contribution in [2.24, 2.45) is 0 Å². The second-order valence-corrected chi connectivity index (χ2v) is 4.42. The predicted octanol–water partition coefficient (Wildman–Crippen LogP) is 2.62. The van der Waals surface area contributed by atoms with Gasteiger partial charge in [0.05, 0.1) is 13.7 Å². The summed E-state index contributed by atoms with van der Waals surface area (Å²) in [5.41, 5.74) is 0.997. The highest BCUT2D eigenvalue weighted by molar-refractivity contribution is 5.37. The third-order valence-corrected chi connectivity index (χ3v) is 2.90. The average Bonchev–Trinajstić information content (AvgIpc) is 2.53. The molecule has 0 atom stereocenters. The van der Waals surface area contributed by atoms with Crippen LogP contribution in [0.25, 0.3) is 0 Å². The summed E-state index contributed by atoms with van der Waals surface area (Å²) in [6, 6.07) is 11.3. The Balaban J connectivity index is 2.05. The highest BCUT2D eigenvalue weighted by Gasteiger charge is 2.06. The Kier molecular flexibility index (Phi) is 5.99. The third-order valence-electron chi connectivity index (χ3n) is 2.90. The fourth-order valence-electron chi connectivity index (χ4n) is 1.82. The highest BCUT2D eigenvalue weighted by atomic mass is 16.5. The Bertz CT molecular complexity index is 561. The number of methoxy groups -OCH3 is 2. The smallest absolute Gasteiger partial charge is 0.223 e. The highest BCUT2D eigenvalue weighted by Crippen LogP contribution is 2.25. The normalized spacial score (nSPS) is 10.4. The molecule has 0 amide bonds. The number of benzene rings is 1. The minimum atomic E-state index is 0.593. The van der Waals surface area contributed by atoms with Gasteiger partial charge in [-0.15, -0.1) is 0 Å². The molecule has 0 bridgehead atoms. The maximum Gasteiger partial charge on any atom is 0.223 e. The number of hydrogen-bond donors (Lipinski definition) is 1. The summed E-state index contributed by atoms with van der Waals surface area (Å²) in [6.07, 6.45) is 1.72. The van der Waals surface area contributed by atoms with Crippen LogP contribution in [0.1, 0.15) is 5.56 Å². The van der Waals surface area contributed by atoms with Crippen molar-refractivity contribution in [3.05, 3.63) is 48.2 Å². The second kappa shape index (κ2) is 8.24. The van der Waals surface area contributed by atoms with E-state index in [-0.39, 0.29) is 0 Å². The van der Waals surface area contributed by atoms with Crippen molar-refractivity contribution in [3.8, 4) is 17.4 Å². The molecule has 21 heavy (non-hydrogen) atoms. The molecule has 0 aliphatic heterocycles. The molecule has 0 aliphatic rings. The summed E-state index contributed by atoms with van der Waals surface area (Å²) < 4.78 is 16.0.